The molecule has 0 bridgehead atoms. The molecule has 5 rings (SSSR count). The fraction of sp³-hybridized carbons (Fsp3) is 0.150. The molecule has 0 spiro atoms. The zero-order chi connectivity index (χ0) is 19.4. The number of aromatic hydroxyl groups is 2. The monoisotopic (exact) mass is 374 g/mol. The van der Waals surface area contributed by atoms with Gasteiger partial charge in [0.1, 0.15) is 5.75 Å². The highest BCUT2D eigenvalue weighted by Gasteiger charge is 2.20. The molecule has 5 aromatic rings. The number of hydrogen-bond donors (Lipinski definition) is 3. The summed E-state index contributed by atoms with van der Waals surface area (Å²) in [5.41, 5.74) is 3.91. The van der Waals surface area contributed by atoms with Gasteiger partial charge in [0.25, 0.3) is 0 Å². The van der Waals surface area contributed by atoms with E-state index in [1.807, 2.05) is 55.1 Å². The van der Waals surface area contributed by atoms with Gasteiger partial charge in [-0.25, -0.2) is 4.57 Å². The normalized spacial score (nSPS) is 11.6. The molecule has 0 aliphatic carbocycles. The van der Waals surface area contributed by atoms with E-state index < -0.39 is 0 Å². The summed E-state index contributed by atoms with van der Waals surface area (Å²) in [6.45, 7) is 2.02. The van der Waals surface area contributed by atoms with Crippen LogP contribution in [0.4, 0.5) is 0 Å². The summed E-state index contributed by atoms with van der Waals surface area (Å²) in [5.74, 6) is 0.392. The molecule has 0 saturated carbocycles. The van der Waals surface area contributed by atoms with Crippen LogP contribution in [0, 0.1) is 0 Å². The first-order chi connectivity index (χ1) is 13.6. The number of nitrogens with one attached hydrogen (secondary N) is 1. The van der Waals surface area contributed by atoms with Gasteiger partial charge >= 0.3 is 6.01 Å². The van der Waals surface area contributed by atoms with Gasteiger partial charge in [0.05, 0.1) is 22.5 Å². The Morgan fingerprint density at radius 3 is 2.75 bits per heavy atom. The lowest BCUT2D eigenvalue weighted by atomic mass is 10.1. The molecule has 0 saturated heterocycles. The molecule has 28 heavy (non-hydrogen) atoms. The van der Waals surface area contributed by atoms with Crippen LogP contribution in [0.3, 0.4) is 0 Å². The van der Waals surface area contributed by atoms with Crippen LogP contribution < -0.4 is 0 Å². The third kappa shape index (κ3) is 2.27. The molecule has 3 heterocycles. The van der Waals surface area contributed by atoms with E-state index in [4.69, 9.17) is 0 Å². The Morgan fingerprint density at radius 1 is 1.07 bits per heavy atom. The highest BCUT2D eigenvalue weighted by Crippen LogP contribution is 2.36. The number of phenolic OH excluding ortho intramolecular Hbond substituents is 1. The Labute approximate surface area is 159 Å². The van der Waals surface area contributed by atoms with Crippen molar-refractivity contribution in [3.05, 3.63) is 48.3 Å². The summed E-state index contributed by atoms with van der Waals surface area (Å²) in [6, 6.07) is 11.0. The van der Waals surface area contributed by atoms with Crippen molar-refractivity contribution in [3.63, 3.8) is 0 Å². The zero-order valence-electron chi connectivity index (χ0n) is 15.4. The molecule has 8 heteroatoms. The molecule has 2 aromatic carbocycles. The van der Waals surface area contributed by atoms with E-state index in [2.05, 4.69) is 20.4 Å². The minimum atomic E-state index is -0.243. The van der Waals surface area contributed by atoms with Crippen LogP contribution in [0.5, 0.6) is 11.8 Å². The quantitative estimate of drug-likeness (QED) is 0.449. The van der Waals surface area contributed by atoms with Gasteiger partial charge in [0.2, 0.25) is 0 Å². The van der Waals surface area contributed by atoms with Crippen molar-refractivity contribution in [2.75, 3.05) is 0 Å². The predicted molar refractivity (Wildman–Crippen MR) is 106 cm³/mol. The van der Waals surface area contributed by atoms with Gasteiger partial charge < -0.3 is 14.8 Å². The van der Waals surface area contributed by atoms with E-state index in [1.165, 1.54) is 4.57 Å². The van der Waals surface area contributed by atoms with E-state index >= 15 is 0 Å². The molecule has 0 aliphatic heterocycles. The second-order valence-corrected chi connectivity index (χ2v) is 6.77. The van der Waals surface area contributed by atoms with E-state index in [0.29, 0.717) is 17.1 Å². The SMILES string of the molecule is CCc1n[nH]c2cc(O)c(-c3nnc(O)n3-c3ccc4c(ccn4C)c3)cc12. The van der Waals surface area contributed by atoms with Crippen LogP contribution in [0.15, 0.2) is 42.6 Å². The van der Waals surface area contributed by atoms with Crippen LogP contribution in [-0.2, 0) is 13.5 Å². The fourth-order valence-electron chi connectivity index (χ4n) is 3.65. The van der Waals surface area contributed by atoms with Crippen LogP contribution in [-0.4, -0.2) is 39.7 Å². The van der Waals surface area contributed by atoms with Crippen LogP contribution in [0.1, 0.15) is 12.6 Å². The van der Waals surface area contributed by atoms with Gasteiger partial charge in [-0.3, -0.25) is 5.10 Å². The maximum atomic E-state index is 10.6. The lowest BCUT2D eigenvalue weighted by Gasteiger charge is -2.10. The van der Waals surface area contributed by atoms with Gasteiger partial charge in [0, 0.05) is 35.6 Å². The molecular formula is C20H18N6O2. The minimum absolute atomic E-state index is 0.0354. The summed E-state index contributed by atoms with van der Waals surface area (Å²) in [7, 11) is 1.98. The lowest BCUT2D eigenvalue weighted by Crippen LogP contribution is -1.98. The largest absolute Gasteiger partial charge is 0.507 e. The van der Waals surface area contributed by atoms with Crippen molar-refractivity contribution >= 4 is 21.8 Å². The Bertz CT molecular complexity index is 1340. The van der Waals surface area contributed by atoms with Gasteiger partial charge in [-0.15, -0.1) is 5.10 Å². The highest BCUT2D eigenvalue weighted by atomic mass is 16.3. The Balaban J connectivity index is 1.74. The second-order valence-electron chi connectivity index (χ2n) is 6.77. The Morgan fingerprint density at radius 2 is 1.93 bits per heavy atom. The highest BCUT2D eigenvalue weighted by molar-refractivity contribution is 5.89. The maximum absolute atomic E-state index is 10.6. The van der Waals surface area contributed by atoms with Crippen molar-refractivity contribution in [3.8, 4) is 28.8 Å². The van der Waals surface area contributed by atoms with E-state index in [0.717, 1.165) is 33.9 Å². The number of rotatable bonds is 3. The van der Waals surface area contributed by atoms with Gasteiger partial charge in [0.15, 0.2) is 5.82 Å². The topological polar surface area (TPSA) is 105 Å². The molecule has 0 radical (unpaired) electrons. The minimum Gasteiger partial charge on any atom is -0.507 e. The number of nitrogens with zero attached hydrogens (tertiary/aromatic N) is 5. The zero-order valence-corrected chi connectivity index (χ0v) is 15.4. The van der Waals surface area contributed by atoms with Gasteiger partial charge in [-0.05, 0) is 36.8 Å². The van der Waals surface area contributed by atoms with Gasteiger partial charge in [-0.2, -0.15) is 5.10 Å². The first kappa shape index (κ1) is 16.4. The van der Waals surface area contributed by atoms with Gasteiger partial charge in [-0.1, -0.05) is 12.0 Å². The number of fused-ring (bicyclic) bond motifs is 2. The summed E-state index contributed by atoms with van der Waals surface area (Å²) in [4.78, 5) is 0. The Hall–Kier alpha value is -3.81. The Kier molecular flexibility index (Phi) is 3.42. The van der Waals surface area contributed by atoms with Crippen LogP contribution >= 0.6 is 0 Å². The number of aromatic amines is 1. The van der Waals surface area contributed by atoms with Crippen molar-refractivity contribution < 1.29 is 10.2 Å². The molecular weight excluding hydrogens is 356 g/mol. The fourth-order valence-corrected chi connectivity index (χ4v) is 3.65. The first-order valence-corrected chi connectivity index (χ1v) is 8.97. The predicted octanol–water partition coefficient (Wildman–Crippen LogP) is 3.28. The number of aromatic nitrogens is 6. The average molecular weight is 374 g/mol. The molecule has 140 valence electrons. The summed E-state index contributed by atoms with van der Waals surface area (Å²) >= 11 is 0. The van der Waals surface area contributed by atoms with Crippen molar-refractivity contribution in [1.82, 2.24) is 29.5 Å². The average Bonchev–Trinajstić information content (AvgIpc) is 3.37. The molecule has 0 atom stereocenters. The third-order valence-corrected chi connectivity index (χ3v) is 5.11. The maximum Gasteiger partial charge on any atom is 0.319 e. The first-order valence-electron chi connectivity index (χ1n) is 8.97. The van der Waals surface area contributed by atoms with Crippen molar-refractivity contribution in [1.29, 1.82) is 0 Å². The smallest absolute Gasteiger partial charge is 0.319 e. The van der Waals surface area contributed by atoms with E-state index in [9.17, 15) is 10.2 Å². The summed E-state index contributed by atoms with van der Waals surface area (Å²) in [5, 5.41) is 38.1. The molecule has 0 aliphatic rings. The van der Waals surface area contributed by atoms with Crippen LogP contribution in [0.25, 0.3) is 38.9 Å². The number of aryl methyl sites for hydroxylation is 2. The number of benzene rings is 2. The molecule has 3 N–H and O–H groups in total. The number of hydrogen-bond acceptors (Lipinski definition) is 5. The summed E-state index contributed by atoms with van der Waals surface area (Å²) in [6.07, 6.45) is 2.74. The van der Waals surface area contributed by atoms with Crippen molar-refractivity contribution in [2.45, 2.75) is 13.3 Å². The summed E-state index contributed by atoms with van der Waals surface area (Å²) < 4.78 is 3.55. The molecule has 0 amide bonds. The number of H-pyrrole nitrogens is 1. The van der Waals surface area contributed by atoms with E-state index in [-0.39, 0.29) is 11.8 Å². The number of phenols is 1. The molecule has 8 nitrogen and oxygen atoms in total. The van der Waals surface area contributed by atoms with Crippen LogP contribution in [0.2, 0.25) is 0 Å². The molecule has 0 fully saturated rings. The second kappa shape index (κ2) is 5.85. The molecule has 0 unspecified atom stereocenters. The van der Waals surface area contributed by atoms with Crippen molar-refractivity contribution in [2.24, 2.45) is 7.05 Å². The van der Waals surface area contributed by atoms with E-state index in [1.54, 1.807) is 6.07 Å². The standard InChI is InChI=1S/C20H18N6O2/c1-3-15-13-9-14(18(27)10-16(13)22-21-15)19-23-24-20(28)26(19)12-4-5-17-11(8-12)6-7-25(17)2/h4-10,27H,3H2,1-2H3,(H,21,22)(H,24,28). The molecule has 3 aromatic heterocycles. The third-order valence-electron chi connectivity index (χ3n) is 5.11. The lowest BCUT2D eigenvalue weighted by molar-refractivity contribution is 0.420.